The number of rotatable bonds is 3. The summed E-state index contributed by atoms with van der Waals surface area (Å²) in [7, 11) is 0. The fourth-order valence-electron chi connectivity index (χ4n) is 1.75. The fourth-order valence-corrected chi connectivity index (χ4v) is 1.75. The molecule has 0 aromatic carbocycles. The molecule has 2 rings (SSSR count). The zero-order valence-corrected chi connectivity index (χ0v) is 7.31. The highest BCUT2D eigenvalue weighted by Crippen LogP contribution is 2.18. The molecular formula is C9H16N2O. The van der Waals surface area contributed by atoms with Crippen LogP contribution in [0, 0.1) is 0 Å². The minimum Gasteiger partial charge on any atom is -0.352 e. The molecule has 1 unspecified atom stereocenters. The van der Waals surface area contributed by atoms with Crippen molar-refractivity contribution in [2.75, 3.05) is 6.54 Å². The number of hydrogen-bond donors (Lipinski definition) is 2. The number of carbonyl (C=O) groups excluding carboxylic acids is 1. The molecule has 0 bridgehead atoms. The minimum atomic E-state index is 0.218. The highest BCUT2D eigenvalue weighted by atomic mass is 16.1. The molecule has 1 saturated heterocycles. The first kappa shape index (κ1) is 8.05. The van der Waals surface area contributed by atoms with Crippen molar-refractivity contribution in [3.63, 3.8) is 0 Å². The van der Waals surface area contributed by atoms with E-state index in [1.165, 1.54) is 19.3 Å². The molecule has 1 aliphatic heterocycles. The van der Waals surface area contributed by atoms with Crippen molar-refractivity contribution in [1.29, 1.82) is 0 Å². The van der Waals surface area contributed by atoms with Gasteiger partial charge in [-0.05, 0) is 19.3 Å². The SMILES string of the molecule is O=C1CCC(CNC2CCC2)N1. The van der Waals surface area contributed by atoms with Crippen molar-refractivity contribution in [1.82, 2.24) is 10.6 Å². The molecule has 1 atom stereocenters. The van der Waals surface area contributed by atoms with Crippen LogP contribution in [0.3, 0.4) is 0 Å². The van der Waals surface area contributed by atoms with E-state index in [2.05, 4.69) is 10.6 Å². The molecule has 1 aliphatic carbocycles. The Kier molecular flexibility index (Phi) is 2.30. The minimum absolute atomic E-state index is 0.218. The zero-order valence-electron chi connectivity index (χ0n) is 7.31. The second-order valence-electron chi connectivity index (χ2n) is 3.84. The zero-order chi connectivity index (χ0) is 8.39. The first-order valence-corrected chi connectivity index (χ1v) is 4.87. The molecule has 12 heavy (non-hydrogen) atoms. The van der Waals surface area contributed by atoms with Gasteiger partial charge in [0.25, 0.3) is 0 Å². The van der Waals surface area contributed by atoms with Gasteiger partial charge < -0.3 is 10.6 Å². The Balaban J connectivity index is 1.63. The molecule has 2 fully saturated rings. The van der Waals surface area contributed by atoms with Crippen LogP contribution in [0.25, 0.3) is 0 Å². The van der Waals surface area contributed by atoms with Gasteiger partial charge >= 0.3 is 0 Å². The maximum absolute atomic E-state index is 10.8. The summed E-state index contributed by atoms with van der Waals surface area (Å²) in [5.74, 6) is 0.218. The van der Waals surface area contributed by atoms with Crippen LogP contribution >= 0.6 is 0 Å². The molecule has 2 aliphatic rings. The quantitative estimate of drug-likeness (QED) is 0.640. The molecular weight excluding hydrogens is 152 g/mol. The third-order valence-corrected chi connectivity index (χ3v) is 2.84. The predicted octanol–water partition coefficient (Wildman–Crippen LogP) is 0.407. The molecule has 3 heteroatoms. The van der Waals surface area contributed by atoms with E-state index < -0.39 is 0 Å². The first-order valence-electron chi connectivity index (χ1n) is 4.87. The van der Waals surface area contributed by atoms with Gasteiger partial charge in [-0.15, -0.1) is 0 Å². The topological polar surface area (TPSA) is 41.1 Å². The summed E-state index contributed by atoms with van der Waals surface area (Å²) in [5, 5.41) is 6.42. The van der Waals surface area contributed by atoms with Gasteiger partial charge in [-0.1, -0.05) is 6.42 Å². The van der Waals surface area contributed by atoms with Gasteiger partial charge in [0, 0.05) is 25.0 Å². The van der Waals surface area contributed by atoms with Crippen LogP contribution < -0.4 is 10.6 Å². The molecule has 3 nitrogen and oxygen atoms in total. The summed E-state index contributed by atoms with van der Waals surface area (Å²) < 4.78 is 0. The van der Waals surface area contributed by atoms with Crippen LogP contribution in [0.5, 0.6) is 0 Å². The van der Waals surface area contributed by atoms with Crippen LogP contribution in [0.2, 0.25) is 0 Å². The predicted molar refractivity (Wildman–Crippen MR) is 46.8 cm³/mol. The molecule has 2 N–H and O–H groups in total. The first-order chi connectivity index (χ1) is 5.84. The lowest BCUT2D eigenvalue weighted by Crippen LogP contribution is -2.43. The van der Waals surface area contributed by atoms with E-state index in [4.69, 9.17) is 0 Å². The molecule has 0 aromatic heterocycles. The van der Waals surface area contributed by atoms with Crippen molar-refractivity contribution in [2.24, 2.45) is 0 Å². The lowest BCUT2D eigenvalue weighted by Gasteiger charge is -2.27. The Morgan fingerprint density at radius 2 is 2.25 bits per heavy atom. The normalized spacial score (nSPS) is 30.0. The molecule has 68 valence electrons. The highest BCUT2D eigenvalue weighted by Gasteiger charge is 2.23. The molecule has 0 spiro atoms. The van der Waals surface area contributed by atoms with Gasteiger partial charge in [0.2, 0.25) is 5.91 Å². The molecule has 0 radical (unpaired) electrons. The molecule has 0 aromatic rings. The van der Waals surface area contributed by atoms with Crippen LogP contribution in [0.15, 0.2) is 0 Å². The van der Waals surface area contributed by atoms with E-state index in [1.54, 1.807) is 0 Å². The van der Waals surface area contributed by atoms with Crippen molar-refractivity contribution < 1.29 is 4.79 Å². The van der Waals surface area contributed by atoms with Crippen LogP contribution in [0.1, 0.15) is 32.1 Å². The third kappa shape index (κ3) is 1.78. The Morgan fingerprint density at radius 1 is 1.42 bits per heavy atom. The summed E-state index contributed by atoms with van der Waals surface area (Å²) in [4.78, 5) is 10.8. The third-order valence-electron chi connectivity index (χ3n) is 2.84. The van der Waals surface area contributed by atoms with Crippen LogP contribution in [0.4, 0.5) is 0 Å². The van der Waals surface area contributed by atoms with Gasteiger partial charge in [0.15, 0.2) is 0 Å². The standard InChI is InChI=1S/C9H16N2O/c12-9-5-4-8(11-9)6-10-7-2-1-3-7/h7-8,10H,1-6H2,(H,11,12). The Labute approximate surface area is 72.9 Å². The van der Waals surface area contributed by atoms with E-state index >= 15 is 0 Å². The van der Waals surface area contributed by atoms with Gasteiger partial charge in [0.05, 0.1) is 0 Å². The number of amides is 1. The van der Waals surface area contributed by atoms with E-state index in [-0.39, 0.29) is 5.91 Å². The summed E-state index contributed by atoms with van der Waals surface area (Å²) in [6, 6.07) is 1.14. The largest absolute Gasteiger partial charge is 0.352 e. The molecule has 1 saturated carbocycles. The summed E-state index contributed by atoms with van der Waals surface area (Å²) in [6.07, 6.45) is 5.74. The van der Waals surface area contributed by atoms with E-state index in [9.17, 15) is 4.79 Å². The Morgan fingerprint density at radius 3 is 2.75 bits per heavy atom. The second kappa shape index (κ2) is 3.44. The second-order valence-corrected chi connectivity index (χ2v) is 3.84. The average Bonchev–Trinajstić information content (AvgIpc) is 2.32. The van der Waals surface area contributed by atoms with Gasteiger partial charge in [-0.25, -0.2) is 0 Å². The summed E-state index contributed by atoms with van der Waals surface area (Å²) >= 11 is 0. The Bertz CT molecular complexity index is 177. The van der Waals surface area contributed by atoms with E-state index in [0.717, 1.165) is 25.4 Å². The maximum Gasteiger partial charge on any atom is 0.220 e. The molecule has 1 heterocycles. The van der Waals surface area contributed by atoms with Crippen molar-refractivity contribution in [2.45, 2.75) is 44.2 Å². The van der Waals surface area contributed by atoms with Crippen molar-refractivity contribution in [3.05, 3.63) is 0 Å². The van der Waals surface area contributed by atoms with Crippen molar-refractivity contribution >= 4 is 5.91 Å². The average molecular weight is 168 g/mol. The summed E-state index contributed by atoms with van der Waals surface area (Å²) in [6.45, 7) is 0.969. The van der Waals surface area contributed by atoms with E-state index in [0.29, 0.717) is 6.04 Å². The Hall–Kier alpha value is -0.570. The lowest BCUT2D eigenvalue weighted by molar-refractivity contribution is -0.119. The van der Waals surface area contributed by atoms with Gasteiger partial charge in [-0.3, -0.25) is 4.79 Å². The van der Waals surface area contributed by atoms with Crippen molar-refractivity contribution in [3.8, 4) is 0 Å². The monoisotopic (exact) mass is 168 g/mol. The molecule has 1 amide bonds. The summed E-state index contributed by atoms with van der Waals surface area (Å²) in [5.41, 5.74) is 0. The van der Waals surface area contributed by atoms with E-state index in [1.807, 2.05) is 0 Å². The van der Waals surface area contributed by atoms with Gasteiger partial charge in [0.1, 0.15) is 0 Å². The van der Waals surface area contributed by atoms with Crippen LogP contribution in [-0.2, 0) is 4.79 Å². The maximum atomic E-state index is 10.8. The van der Waals surface area contributed by atoms with Crippen LogP contribution in [-0.4, -0.2) is 24.5 Å². The number of carbonyl (C=O) groups is 1. The lowest BCUT2D eigenvalue weighted by atomic mass is 9.93. The smallest absolute Gasteiger partial charge is 0.220 e. The number of nitrogens with one attached hydrogen (secondary N) is 2. The van der Waals surface area contributed by atoms with Gasteiger partial charge in [-0.2, -0.15) is 0 Å². The number of hydrogen-bond acceptors (Lipinski definition) is 2. The fraction of sp³-hybridized carbons (Fsp3) is 0.889. The highest BCUT2D eigenvalue weighted by molar-refractivity contribution is 5.78.